The number of aryl methyl sites for hydroxylation is 1. The molecule has 1 aliphatic heterocycles. The third-order valence-corrected chi connectivity index (χ3v) is 7.81. The maximum absolute atomic E-state index is 12.6. The number of morpholine rings is 1. The highest BCUT2D eigenvalue weighted by Gasteiger charge is 2.23. The molecule has 2 rings (SSSR count). The molecule has 0 spiro atoms. The van der Waals surface area contributed by atoms with E-state index in [-0.39, 0.29) is 5.91 Å². The molecular weight excluding hydrogens is 414 g/mol. The summed E-state index contributed by atoms with van der Waals surface area (Å²) >= 11 is 0. The van der Waals surface area contributed by atoms with E-state index in [1.54, 1.807) is 24.3 Å². The topological polar surface area (TPSA) is 79.0 Å². The molecule has 1 fully saturated rings. The molecule has 1 heterocycles. The van der Waals surface area contributed by atoms with Crippen molar-refractivity contribution >= 4 is 15.9 Å². The van der Waals surface area contributed by atoms with Crippen LogP contribution in [0.2, 0.25) is 0 Å². The van der Waals surface area contributed by atoms with Crippen LogP contribution in [-0.2, 0) is 26.0 Å². The highest BCUT2D eigenvalue weighted by Crippen LogP contribution is 2.17. The summed E-state index contributed by atoms with van der Waals surface area (Å²) in [5.74, 6) is 0.595. The number of rotatable bonds is 12. The van der Waals surface area contributed by atoms with Crippen LogP contribution in [0.25, 0.3) is 0 Å². The van der Waals surface area contributed by atoms with Gasteiger partial charge in [-0.3, -0.25) is 9.69 Å². The van der Waals surface area contributed by atoms with Crippen molar-refractivity contribution in [2.24, 2.45) is 5.92 Å². The van der Waals surface area contributed by atoms with Gasteiger partial charge < -0.3 is 10.1 Å². The molecule has 0 aliphatic carbocycles. The summed E-state index contributed by atoms with van der Waals surface area (Å²) in [6, 6.07) is 7.21. The second kappa shape index (κ2) is 12.5. The molecule has 0 bridgehead atoms. The Morgan fingerprint density at radius 2 is 1.74 bits per heavy atom. The Balaban J connectivity index is 1.86. The van der Waals surface area contributed by atoms with E-state index >= 15 is 0 Å². The standard InChI is InChI=1S/C23H39N3O4S/c1-5-26(6-2)31(28,29)22-10-7-20(8-11-22)9-12-23(27)24-18-21(17-19(3)4)25-13-15-30-16-14-25/h7-8,10-11,19,21H,5-6,9,12-18H2,1-4H3,(H,24,27). The van der Waals surface area contributed by atoms with Gasteiger partial charge in [0.25, 0.3) is 0 Å². The van der Waals surface area contributed by atoms with Crippen LogP contribution in [0.5, 0.6) is 0 Å². The van der Waals surface area contributed by atoms with Gasteiger partial charge in [0.1, 0.15) is 0 Å². The number of carbonyl (C=O) groups is 1. The fraction of sp³-hybridized carbons (Fsp3) is 0.696. The van der Waals surface area contributed by atoms with Gasteiger partial charge in [-0.15, -0.1) is 0 Å². The van der Waals surface area contributed by atoms with Crippen LogP contribution in [-0.4, -0.2) is 75.5 Å². The Morgan fingerprint density at radius 1 is 1.13 bits per heavy atom. The minimum Gasteiger partial charge on any atom is -0.379 e. The molecule has 1 aromatic carbocycles. The van der Waals surface area contributed by atoms with Crippen LogP contribution in [0.15, 0.2) is 29.2 Å². The number of sulfonamides is 1. The molecule has 1 unspecified atom stereocenters. The fourth-order valence-electron chi connectivity index (χ4n) is 3.97. The Morgan fingerprint density at radius 3 is 2.29 bits per heavy atom. The number of hydrogen-bond donors (Lipinski definition) is 1. The van der Waals surface area contributed by atoms with Gasteiger partial charge in [0.2, 0.25) is 15.9 Å². The average Bonchev–Trinajstić information content (AvgIpc) is 2.76. The van der Waals surface area contributed by atoms with E-state index in [1.165, 1.54) is 4.31 Å². The third kappa shape index (κ3) is 7.86. The summed E-state index contributed by atoms with van der Waals surface area (Å²) in [6.07, 6.45) is 2.02. The maximum atomic E-state index is 12.6. The lowest BCUT2D eigenvalue weighted by atomic mass is 10.0. The molecule has 1 saturated heterocycles. The van der Waals surface area contributed by atoms with Crippen molar-refractivity contribution in [3.63, 3.8) is 0 Å². The van der Waals surface area contributed by atoms with Gasteiger partial charge in [-0.25, -0.2) is 8.42 Å². The van der Waals surface area contributed by atoms with E-state index in [1.807, 2.05) is 13.8 Å². The molecule has 7 nitrogen and oxygen atoms in total. The lowest BCUT2D eigenvalue weighted by Gasteiger charge is -2.35. The summed E-state index contributed by atoms with van der Waals surface area (Å²) in [4.78, 5) is 15.1. The summed E-state index contributed by atoms with van der Waals surface area (Å²) in [6.45, 7) is 13.0. The van der Waals surface area contributed by atoms with Crippen LogP contribution < -0.4 is 5.32 Å². The van der Waals surface area contributed by atoms with Crippen LogP contribution in [0.1, 0.15) is 46.1 Å². The van der Waals surface area contributed by atoms with E-state index in [0.717, 1.165) is 38.3 Å². The predicted octanol–water partition coefficient (Wildman–Crippen LogP) is 2.51. The monoisotopic (exact) mass is 453 g/mol. The van der Waals surface area contributed by atoms with E-state index in [0.29, 0.717) is 49.3 Å². The third-order valence-electron chi connectivity index (χ3n) is 5.75. The molecule has 8 heteroatoms. The molecule has 1 amide bonds. The van der Waals surface area contributed by atoms with E-state index in [4.69, 9.17) is 4.74 Å². The summed E-state index contributed by atoms with van der Waals surface area (Å²) in [5.41, 5.74) is 0.959. The molecule has 0 aromatic heterocycles. The van der Waals surface area contributed by atoms with Crippen molar-refractivity contribution in [1.29, 1.82) is 0 Å². The van der Waals surface area contributed by atoms with Crippen LogP contribution in [0, 0.1) is 5.92 Å². The number of nitrogens with zero attached hydrogens (tertiary/aromatic N) is 2. The van der Waals surface area contributed by atoms with E-state index in [2.05, 4.69) is 24.1 Å². The van der Waals surface area contributed by atoms with E-state index < -0.39 is 10.0 Å². The fourth-order valence-corrected chi connectivity index (χ4v) is 5.42. The normalized spacial score (nSPS) is 16.6. The first-order valence-electron chi connectivity index (χ1n) is 11.5. The van der Waals surface area contributed by atoms with Crippen LogP contribution in [0.4, 0.5) is 0 Å². The van der Waals surface area contributed by atoms with Crippen molar-refractivity contribution in [3.8, 4) is 0 Å². The first kappa shape index (κ1) is 25.8. The molecule has 1 aromatic rings. The zero-order valence-electron chi connectivity index (χ0n) is 19.5. The Hall–Kier alpha value is -1.48. The van der Waals surface area contributed by atoms with Crippen molar-refractivity contribution in [2.45, 2.75) is 57.9 Å². The molecule has 0 saturated carbocycles. The van der Waals surface area contributed by atoms with Crippen LogP contribution in [0.3, 0.4) is 0 Å². The molecule has 1 aliphatic rings. The maximum Gasteiger partial charge on any atom is 0.243 e. The number of carbonyl (C=O) groups excluding carboxylic acids is 1. The summed E-state index contributed by atoms with van der Waals surface area (Å²) in [7, 11) is -3.45. The largest absolute Gasteiger partial charge is 0.379 e. The number of amides is 1. The highest BCUT2D eigenvalue weighted by molar-refractivity contribution is 7.89. The second-order valence-corrected chi connectivity index (χ2v) is 10.4. The quantitative estimate of drug-likeness (QED) is 0.526. The van der Waals surface area contributed by atoms with Gasteiger partial charge >= 0.3 is 0 Å². The Bertz CT molecular complexity index is 771. The SMILES string of the molecule is CCN(CC)S(=O)(=O)c1ccc(CCC(=O)NCC(CC(C)C)N2CCOCC2)cc1. The lowest BCUT2D eigenvalue weighted by molar-refractivity contribution is -0.121. The van der Waals surface area contributed by atoms with Gasteiger partial charge in [0.15, 0.2) is 0 Å². The Labute approximate surface area is 188 Å². The minimum atomic E-state index is -3.45. The number of hydrogen-bond acceptors (Lipinski definition) is 5. The molecule has 1 atom stereocenters. The zero-order chi connectivity index (χ0) is 22.9. The van der Waals surface area contributed by atoms with Gasteiger partial charge in [-0.05, 0) is 36.5 Å². The van der Waals surface area contributed by atoms with Crippen molar-refractivity contribution in [2.75, 3.05) is 45.9 Å². The average molecular weight is 454 g/mol. The molecule has 31 heavy (non-hydrogen) atoms. The second-order valence-electron chi connectivity index (χ2n) is 8.47. The molecule has 1 N–H and O–H groups in total. The molecular formula is C23H39N3O4S. The number of ether oxygens (including phenoxy) is 1. The highest BCUT2D eigenvalue weighted by atomic mass is 32.2. The molecule has 176 valence electrons. The van der Waals surface area contributed by atoms with Crippen molar-refractivity contribution < 1.29 is 17.9 Å². The smallest absolute Gasteiger partial charge is 0.243 e. The first-order valence-corrected chi connectivity index (χ1v) is 12.9. The summed E-state index contributed by atoms with van der Waals surface area (Å²) < 4.78 is 32.1. The zero-order valence-corrected chi connectivity index (χ0v) is 20.3. The van der Waals surface area contributed by atoms with E-state index in [9.17, 15) is 13.2 Å². The van der Waals surface area contributed by atoms with Gasteiger partial charge in [0, 0.05) is 45.2 Å². The first-order chi connectivity index (χ1) is 14.8. The lowest BCUT2D eigenvalue weighted by Crippen LogP contribution is -2.49. The predicted molar refractivity (Wildman–Crippen MR) is 124 cm³/mol. The van der Waals surface area contributed by atoms with Gasteiger partial charge in [0.05, 0.1) is 18.1 Å². The van der Waals surface area contributed by atoms with Crippen LogP contribution >= 0.6 is 0 Å². The van der Waals surface area contributed by atoms with Gasteiger partial charge in [-0.2, -0.15) is 4.31 Å². The summed E-state index contributed by atoms with van der Waals surface area (Å²) in [5, 5.41) is 3.10. The van der Waals surface area contributed by atoms with Crippen molar-refractivity contribution in [3.05, 3.63) is 29.8 Å². The number of benzene rings is 1. The minimum absolute atomic E-state index is 0.0295. The van der Waals surface area contributed by atoms with Crippen molar-refractivity contribution in [1.82, 2.24) is 14.5 Å². The van der Waals surface area contributed by atoms with Gasteiger partial charge in [-0.1, -0.05) is 39.8 Å². The molecule has 0 radical (unpaired) electrons. The Kier molecular flexibility index (Phi) is 10.4. The number of nitrogens with one attached hydrogen (secondary N) is 1.